The van der Waals surface area contributed by atoms with Crippen LogP contribution in [0.1, 0.15) is 153 Å². The molecule has 8 saturated heterocycles. The Balaban J connectivity index is 0.000000162. The van der Waals surface area contributed by atoms with Gasteiger partial charge in [-0.2, -0.15) is 0 Å². The first kappa shape index (κ1) is 52.5. The summed E-state index contributed by atoms with van der Waals surface area (Å²) in [6.45, 7) is 10.4. The zero-order chi connectivity index (χ0) is 51.9. The monoisotopic (exact) mass is 1040 g/mol. The van der Waals surface area contributed by atoms with Crippen LogP contribution in [0, 0.1) is 10.8 Å². The summed E-state index contributed by atoms with van der Waals surface area (Å²) in [6, 6.07) is 30.2. The minimum Gasteiger partial charge on any atom is -0.348 e. The molecule has 8 aliphatic heterocycles. The van der Waals surface area contributed by atoms with Crippen LogP contribution in [-0.4, -0.2) is 148 Å². The number of hydrogen-bond donors (Lipinski definition) is 0. The van der Waals surface area contributed by atoms with Gasteiger partial charge < -0.3 is 57.5 Å². The molecule has 4 amide bonds. The highest BCUT2D eigenvalue weighted by molar-refractivity contribution is 5.96. The van der Waals surface area contributed by atoms with Crippen molar-refractivity contribution in [2.75, 3.05) is 105 Å². The van der Waals surface area contributed by atoms with Crippen LogP contribution in [0.2, 0.25) is 0 Å². The molecule has 16 heteroatoms. The molecule has 16 nitrogen and oxygen atoms in total. The van der Waals surface area contributed by atoms with Gasteiger partial charge in [-0.25, -0.2) is 0 Å². The van der Waals surface area contributed by atoms with Gasteiger partial charge in [0, 0.05) is 96.9 Å². The van der Waals surface area contributed by atoms with Crippen molar-refractivity contribution in [3.8, 4) is 0 Å². The van der Waals surface area contributed by atoms with Crippen molar-refractivity contribution in [1.29, 1.82) is 0 Å². The first-order valence-corrected chi connectivity index (χ1v) is 27.7. The van der Waals surface area contributed by atoms with Crippen LogP contribution in [0.4, 0.5) is 0 Å². The number of rotatable bonds is 8. The van der Waals surface area contributed by atoms with Gasteiger partial charge in [0.25, 0.3) is 23.6 Å². The van der Waals surface area contributed by atoms with Gasteiger partial charge in [0.15, 0.2) is 25.2 Å². The Morgan fingerprint density at radius 2 is 0.447 bits per heavy atom. The molecule has 4 aromatic carbocycles. The van der Waals surface area contributed by atoms with E-state index in [1.807, 2.05) is 117 Å². The molecule has 8 heterocycles. The van der Waals surface area contributed by atoms with E-state index in [-0.39, 0.29) is 34.5 Å². The second kappa shape index (κ2) is 24.0. The molecule has 2 spiro atoms. The van der Waals surface area contributed by atoms with Gasteiger partial charge in [0.2, 0.25) is 0 Å². The Morgan fingerprint density at radius 3 is 0.632 bits per heavy atom. The first-order chi connectivity index (χ1) is 37.2. The second-order valence-electron chi connectivity index (χ2n) is 22.0. The van der Waals surface area contributed by atoms with E-state index in [9.17, 15) is 19.2 Å². The molecule has 8 fully saturated rings. The van der Waals surface area contributed by atoms with Gasteiger partial charge in [-0.3, -0.25) is 19.2 Å². The Bertz CT molecular complexity index is 2390. The second-order valence-corrected chi connectivity index (χ2v) is 22.0. The molecule has 0 bridgehead atoms. The Hall–Kier alpha value is -5.56. The summed E-state index contributed by atoms with van der Waals surface area (Å²) in [5, 5.41) is 0. The van der Waals surface area contributed by atoms with Crippen molar-refractivity contribution >= 4 is 23.6 Å². The molecule has 8 aliphatic rings. The number of carbonyl (C=O) groups excluding carboxylic acids is 4. The van der Waals surface area contributed by atoms with Gasteiger partial charge >= 0.3 is 0 Å². The minimum absolute atomic E-state index is 0.0902. The Morgan fingerprint density at radius 1 is 0.276 bits per heavy atom. The number of piperidine rings is 2. The lowest BCUT2D eigenvalue weighted by Crippen LogP contribution is -2.49. The average Bonchev–Trinajstić information content (AvgIpc) is 4.26. The normalized spacial score (nSPS) is 28.0. The Kier molecular flexibility index (Phi) is 16.6. The third-order valence-electron chi connectivity index (χ3n) is 16.1. The molecular formula is C60H72N4O12. The predicted molar refractivity (Wildman–Crippen MR) is 279 cm³/mol. The molecule has 0 radical (unpaired) electrons. The lowest BCUT2D eigenvalue weighted by Gasteiger charge is -2.43. The Labute approximate surface area is 445 Å². The number of amides is 4. The molecule has 12 rings (SSSR count). The average molecular weight is 1040 g/mol. The van der Waals surface area contributed by atoms with Gasteiger partial charge in [-0.15, -0.1) is 0 Å². The lowest BCUT2D eigenvalue weighted by molar-refractivity contribution is -0.307. The molecule has 0 saturated carbocycles. The quantitative estimate of drug-likeness (QED) is 0.166. The highest BCUT2D eigenvalue weighted by atomic mass is 16.7. The highest BCUT2D eigenvalue weighted by Crippen LogP contribution is 2.40. The number of ether oxygens (including phenoxy) is 8. The molecule has 76 heavy (non-hydrogen) atoms. The fourth-order valence-corrected chi connectivity index (χ4v) is 11.4. The van der Waals surface area contributed by atoms with Crippen LogP contribution in [0.15, 0.2) is 97.1 Å². The standard InChI is InChI=1S/C31H38N2O6.C29H34N2O6/c34-27(32-15-3-1-4-16-32)23-7-11-25(12-8-23)29-36-19-31(20-37-29)21-38-30(39-22-31)26-13-9-24(10-14-26)28(35)33-17-5-2-6-18-33;32-25(30-13-1-2-14-30)21-5-9-23(10-6-21)27-34-17-29(18-35-27)19-36-28(37-20-29)24-11-7-22(8-12-24)26(33)31-15-3-4-16-31/h7-14,29-30H,1-6,15-22H2;5-12,27-28H,1-4,13-20H2. The number of nitrogens with zero attached hydrogens (tertiary/aromatic N) is 4. The third kappa shape index (κ3) is 12.1. The summed E-state index contributed by atoms with van der Waals surface area (Å²) >= 11 is 0. The van der Waals surface area contributed by atoms with Crippen LogP contribution in [-0.2, 0) is 37.9 Å². The maximum atomic E-state index is 12.7. The lowest BCUT2D eigenvalue weighted by atomic mass is 9.90. The summed E-state index contributed by atoms with van der Waals surface area (Å²) in [6.07, 6.45) is 9.14. The topological polar surface area (TPSA) is 155 Å². The summed E-state index contributed by atoms with van der Waals surface area (Å²) in [5.41, 5.74) is 5.68. The molecule has 404 valence electrons. The van der Waals surface area contributed by atoms with Crippen LogP contribution in [0.25, 0.3) is 0 Å². The molecule has 0 N–H and O–H groups in total. The van der Waals surface area contributed by atoms with Crippen molar-refractivity contribution in [3.05, 3.63) is 142 Å². The summed E-state index contributed by atoms with van der Waals surface area (Å²) < 4.78 is 48.7. The maximum absolute atomic E-state index is 12.7. The van der Waals surface area contributed by atoms with Gasteiger partial charge in [-0.05, 0) is 113 Å². The highest BCUT2D eigenvalue weighted by Gasteiger charge is 2.44. The molecule has 0 unspecified atom stereocenters. The summed E-state index contributed by atoms with van der Waals surface area (Å²) in [7, 11) is 0. The third-order valence-corrected chi connectivity index (χ3v) is 16.1. The zero-order valence-electron chi connectivity index (χ0n) is 43.6. The predicted octanol–water partition coefficient (Wildman–Crippen LogP) is 8.65. The van der Waals surface area contributed by atoms with E-state index in [2.05, 4.69) is 0 Å². The fraction of sp³-hybridized carbons (Fsp3) is 0.533. The number of hydrogen-bond acceptors (Lipinski definition) is 12. The van der Waals surface area contributed by atoms with Crippen molar-refractivity contribution < 1.29 is 57.1 Å². The zero-order valence-corrected chi connectivity index (χ0v) is 43.6. The summed E-state index contributed by atoms with van der Waals surface area (Å²) in [4.78, 5) is 58.4. The van der Waals surface area contributed by atoms with E-state index >= 15 is 0 Å². The van der Waals surface area contributed by atoms with Gasteiger partial charge in [0.05, 0.1) is 63.7 Å². The SMILES string of the molecule is O=C(c1ccc(C2OCC3(CO2)COC(c2ccc(C(=O)N4CCCC4)cc2)OC3)cc1)N1CCCC1.O=C(c1ccc(C2OCC3(CO2)COC(c2ccc(C(=O)N4CCCCC4)cc2)OC3)cc1)N1CCCCC1. The van der Waals surface area contributed by atoms with E-state index in [1.165, 1.54) is 12.8 Å². The van der Waals surface area contributed by atoms with Crippen LogP contribution < -0.4 is 0 Å². The molecule has 0 aliphatic carbocycles. The van der Waals surface area contributed by atoms with E-state index in [4.69, 9.17) is 37.9 Å². The molecule has 0 atom stereocenters. The van der Waals surface area contributed by atoms with Gasteiger partial charge in [-0.1, -0.05) is 48.5 Å². The maximum Gasteiger partial charge on any atom is 0.253 e. The number of likely N-dealkylation sites (tertiary alicyclic amines) is 4. The minimum atomic E-state index is -0.475. The largest absolute Gasteiger partial charge is 0.348 e. The van der Waals surface area contributed by atoms with Crippen molar-refractivity contribution in [2.45, 2.75) is 89.4 Å². The van der Waals surface area contributed by atoms with E-state index in [0.29, 0.717) is 75.1 Å². The van der Waals surface area contributed by atoms with Crippen LogP contribution >= 0.6 is 0 Å². The van der Waals surface area contributed by atoms with Crippen molar-refractivity contribution in [2.24, 2.45) is 10.8 Å². The fourth-order valence-electron chi connectivity index (χ4n) is 11.4. The van der Waals surface area contributed by atoms with E-state index in [1.54, 1.807) is 0 Å². The van der Waals surface area contributed by atoms with Crippen LogP contribution in [0.5, 0.6) is 0 Å². The number of benzene rings is 4. The smallest absolute Gasteiger partial charge is 0.253 e. The molecule has 0 aromatic heterocycles. The van der Waals surface area contributed by atoms with Gasteiger partial charge in [0.1, 0.15) is 0 Å². The van der Waals surface area contributed by atoms with E-state index in [0.717, 1.165) is 126 Å². The molecular weight excluding hydrogens is 969 g/mol. The number of carbonyl (C=O) groups is 4. The first-order valence-electron chi connectivity index (χ1n) is 27.7. The van der Waals surface area contributed by atoms with Crippen molar-refractivity contribution in [3.63, 3.8) is 0 Å². The van der Waals surface area contributed by atoms with Crippen LogP contribution in [0.3, 0.4) is 0 Å². The molecule has 4 aromatic rings. The van der Waals surface area contributed by atoms with Crippen molar-refractivity contribution in [1.82, 2.24) is 19.6 Å². The summed E-state index contributed by atoms with van der Waals surface area (Å²) in [5.74, 6) is 0.375. The van der Waals surface area contributed by atoms with E-state index < -0.39 is 25.2 Å².